The lowest BCUT2D eigenvalue weighted by Crippen LogP contribution is -2.57. The number of nitrogens with zero attached hydrogens (tertiary/aromatic N) is 7. The number of primary amides is 1. The van der Waals surface area contributed by atoms with Crippen LogP contribution in [0.15, 0.2) is 42.0 Å². The van der Waals surface area contributed by atoms with Crippen LogP contribution in [0.2, 0.25) is 0 Å². The molecule has 2 aliphatic rings. The minimum Gasteiger partial charge on any atom is -0.366 e. The number of thiophene rings is 1. The highest BCUT2D eigenvalue weighted by Gasteiger charge is 2.40. The summed E-state index contributed by atoms with van der Waals surface area (Å²) in [6, 6.07) is 7.63. The molecule has 0 radical (unpaired) electrons. The Hall–Kier alpha value is -3.83. The molecule has 2 N–H and O–H groups in total. The van der Waals surface area contributed by atoms with E-state index in [1.54, 1.807) is 28.1 Å². The maximum Gasteiger partial charge on any atom is 0.249 e. The van der Waals surface area contributed by atoms with Gasteiger partial charge in [0, 0.05) is 43.0 Å². The SMILES string of the molecule is CCN(CC)[C@@H](C)Cc1c(C(N)=O)cc(-c2cnn3ccc(-c4cccs4)nc23)nc1N1CC[C@H]1C(=O)N1CCCC1. The number of hydrogen-bond acceptors (Lipinski definition) is 8. The number of anilines is 1. The van der Waals surface area contributed by atoms with Gasteiger partial charge in [0.05, 0.1) is 28.0 Å². The normalized spacial score (nSPS) is 17.7. The first-order chi connectivity index (χ1) is 20.4. The third-order valence-electron chi connectivity index (χ3n) is 8.72. The Morgan fingerprint density at radius 1 is 1.12 bits per heavy atom. The van der Waals surface area contributed by atoms with Crippen LogP contribution in [0.5, 0.6) is 0 Å². The Labute approximate surface area is 250 Å². The van der Waals surface area contributed by atoms with E-state index in [1.807, 2.05) is 34.7 Å². The van der Waals surface area contributed by atoms with E-state index in [9.17, 15) is 9.59 Å². The lowest BCUT2D eigenvalue weighted by molar-refractivity contribution is -0.132. The van der Waals surface area contributed by atoms with Gasteiger partial charge < -0.3 is 20.4 Å². The first kappa shape index (κ1) is 28.3. The summed E-state index contributed by atoms with van der Waals surface area (Å²) >= 11 is 1.62. The number of amides is 2. The van der Waals surface area contributed by atoms with Crippen molar-refractivity contribution >= 4 is 34.6 Å². The largest absolute Gasteiger partial charge is 0.366 e. The molecule has 2 aliphatic heterocycles. The summed E-state index contributed by atoms with van der Waals surface area (Å²) in [6.45, 7) is 10.5. The van der Waals surface area contributed by atoms with Crippen molar-refractivity contribution in [3.05, 3.63) is 53.2 Å². The smallest absolute Gasteiger partial charge is 0.249 e. The molecule has 0 unspecified atom stereocenters. The molecule has 2 saturated heterocycles. The fourth-order valence-corrected chi connectivity index (χ4v) is 6.98. The molecule has 11 heteroatoms. The fourth-order valence-electron chi connectivity index (χ4n) is 6.28. The third kappa shape index (κ3) is 5.15. The average Bonchev–Trinajstić information content (AvgIpc) is 3.76. The predicted octanol–water partition coefficient (Wildman–Crippen LogP) is 4.09. The zero-order valence-corrected chi connectivity index (χ0v) is 25.3. The summed E-state index contributed by atoms with van der Waals surface area (Å²) < 4.78 is 1.72. The van der Waals surface area contributed by atoms with E-state index in [-0.39, 0.29) is 18.0 Å². The van der Waals surface area contributed by atoms with E-state index in [0.29, 0.717) is 41.3 Å². The van der Waals surface area contributed by atoms with E-state index >= 15 is 0 Å². The van der Waals surface area contributed by atoms with Gasteiger partial charge in [-0.05, 0) is 69.3 Å². The van der Waals surface area contributed by atoms with Crippen LogP contribution in [0.4, 0.5) is 5.82 Å². The quantitative estimate of drug-likeness (QED) is 0.298. The van der Waals surface area contributed by atoms with Gasteiger partial charge in [-0.2, -0.15) is 5.10 Å². The fraction of sp³-hybridized carbons (Fsp3) is 0.452. The lowest BCUT2D eigenvalue weighted by atomic mass is 9.94. The number of nitrogens with two attached hydrogens (primary N) is 1. The predicted molar refractivity (Wildman–Crippen MR) is 166 cm³/mol. The number of carbonyl (C=O) groups is 2. The number of likely N-dealkylation sites (tertiary alicyclic amines) is 1. The second-order valence-corrected chi connectivity index (χ2v) is 12.1. The number of hydrogen-bond donors (Lipinski definition) is 1. The molecule has 4 aromatic rings. The van der Waals surface area contributed by atoms with Crippen molar-refractivity contribution in [1.29, 1.82) is 0 Å². The number of pyridine rings is 1. The zero-order valence-electron chi connectivity index (χ0n) is 24.5. The Bertz CT molecular complexity index is 1590. The number of likely N-dealkylation sites (N-methyl/N-ethyl adjacent to an activating group) is 1. The topological polar surface area (TPSA) is 113 Å². The van der Waals surface area contributed by atoms with E-state index < -0.39 is 5.91 Å². The van der Waals surface area contributed by atoms with Gasteiger partial charge in [-0.15, -0.1) is 11.3 Å². The molecule has 6 heterocycles. The van der Waals surface area contributed by atoms with E-state index in [2.05, 4.69) is 35.7 Å². The molecule has 42 heavy (non-hydrogen) atoms. The molecule has 2 atom stereocenters. The van der Waals surface area contributed by atoms with Gasteiger partial charge in [0.2, 0.25) is 11.8 Å². The Morgan fingerprint density at radius 3 is 2.55 bits per heavy atom. The average molecular weight is 587 g/mol. The molecule has 0 aliphatic carbocycles. The standard InChI is InChI=1S/C31H38N8O2S/c1-4-36(5-2)20(3)17-22-21(28(32)40)18-25(35-29(22)38-14-11-26(38)31(41)37-12-6-7-13-37)23-19-33-39-15-10-24(34-30(23)39)27-9-8-16-42-27/h8-10,15-16,18-20,26H,4-7,11-14,17H2,1-3H3,(H2,32,40)/t20-,26-/m0/s1. The number of aromatic nitrogens is 4. The first-order valence-electron chi connectivity index (χ1n) is 14.9. The van der Waals surface area contributed by atoms with Crippen LogP contribution in [0.25, 0.3) is 27.5 Å². The molecule has 4 aromatic heterocycles. The van der Waals surface area contributed by atoms with E-state index in [1.165, 1.54) is 0 Å². The van der Waals surface area contributed by atoms with Crippen LogP contribution in [0.1, 0.15) is 56.0 Å². The summed E-state index contributed by atoms with van der Waals surface area (Å²) in [5, 5.41) is 6.56. The Morgan fingerprint density at radius 2 is 1.90 bits per heavy atom. The highest BCUT2D eigenvalue weighted by molar-refractivity contribution is 7.13. The van der Waals surface area contributed by atoms with Gasteiger partial charge in [-0.1, -0.05) is 19.9 Å². The van der Waals surface area contributed by atoms with Crippen molar-refractivity contribution in [2.75, 3.05) is 37.6 Å². The number of carbonyl (C=O) groups excluding carboxylic acids is 2. The molecule has 10 nitrogen and oxygen atoms in total. The van der Waals surface area contributed by atoms with Crippen molar-refractivity contribution in [2.24, 2.45) is 5.73 Å². The molecule has 0 spiro atoms. The minimum atomic E-state index is -0.506. The number of fused-ring (bicyclic) bond motifs is 1. The Balaban J connectivity index is 1.48. The summed E-state index contributed by atoms with van der Waals surface area (Å²) in [6.07, 6.45) is 7.06. The molecular formula is C31H38N8O2S. The van der Waals surface area contributed by atoms with Crippen LogP contribution >= 0.6 is 11.3 Å². The third-order valence-corrected chi connectivity index (χ3v) is 9.61. The van der Waals surface area contributed by atoms with Crippen molar-refractivity contribution in [2.45, 2.75) is 58.5 Å². The van der Waals surface area contributed by atoms with Gasteiger partial charge in [0.1, 0.15) is 11.9 Å². The monoisotopic (exact) mass is 586 g/mol. The molecule has 2 fully saturated rings. The minimum absolute atomic E-state index is 0.146. The Kier molecular flexibility index (Phi) is 7.96. The zero-order chi connectivity index (χ0) is 29.4. The maximum absolute atomic E-state index is 13.5. The molecule has 220 valence electrons. The van der Waals surface area contributed by atoms with Crippen LogP contribution in [-0.2, 0) is 11.2 Å². The molecule has 2 amide bonds. The number of rotatable bonds is 10. The lowest BCUT2D eigenvalue weighted by Gasteiger charge is -2.43. The summed E-state index contributed by atoms with van der Waals surface area (Å²) in [7, 11) is 0. The van der Waals surface area contributed by atoms with Gasteiger partial charge >= 0.3 is 0 Å². The van der Waals surface area contributed by atoms with Crippen LogP contribution in [0.3, 0.4) is 0 Å². The summed E-state index contributed by atoms with van der Waals surface area (Å²) in [5.41, 5.74) is 10.1. The maximum atomic E-state index is 13.5. The van der Waals surface area contributed by atoms with Crippen LogP contribution < -0.4 is 10.6 Å². The van der Waals surface area contributed by atoms with Gasteiger partial charge in [0.25, 0.3) is 0 Å². The van der Waals surface area contributed by atoms with Gasteiger partial charge in [0.15, 0.2) is 5.65 Å². The van der Waals surface area contributed by atoms with Crippen molar-refractivity contribution in [1.82, 2.24) is 29.4 Å². The van der Waals surface area contributed by atoms with Gasteiger partial charge in [-0.25, -0.2) is 14.5 Å². The van der Waals surface area contributed by atoms with Gasteiger partial charge in [-0.3, -0.25) is 9.59 Å². The van der Waals surface area contributed by atoms with Crippen LogP contribution in [0, 0.1) is 0 Å². The highest BCUT2D eigenvalue weighted by Crippen LogP contribution is 2.36. The first-order valence-corrected chi connectivity index (χ1v) is 15.8. The van der Waals surface area contributed by atoms with Crippen molar-refractivity contribution in [3.63, 3.8) is 0 Å². The van der Waals surface area contributed by atoms with E-state index in [0.717, 1.165) is 61.6 Å². The van der Waals surface area contributed by atoms with E-state index in [4.69, 9.17) is 15.7 Å². The molecule has 0 saturated carbocycles. The summed E-state index contributed by atoms with van der Waals surface area (Å²) in [4.78, 5) is 44.2. The highest BCUT2D eigenvalue weighted by atomic mass is 32.1. The molecule has 0 bridgehead atoms. The van der Waals surface area contributed by atoms with Crippen molar-refractivity contribution in [3.8, 4) is 21.8 Å². The molecule has 0 aromatic carbocycles. The van der Waals surface area contributed by atoms with Crippen molar-refractivity contribution < 1.29 is 9.59 Å². The second kappa shape index (κ2) is 11.8. The summed E-state index contributed by atoms with van der Waals surface area (Å²) in [5.74, 6) is 0.304. The molecular weight excluding hydrogens is 548 g/mol. The van der Waals surface area contributed by atoms with Crippen LogP contribution in [-0.4, -0.2) is 86.0 Å². The second-order valence-electron chi connectivity index (χ2n) is 11.1. The molecule has 6 rings (SSSR count).